The number of rotatable bonds is 3. The van der Waals surface area contributed by atoms with Crippen LogP contribution in [0, 0.1) is 13.8 Å². The normalized spacial score (nSPS) is 9.95. The predicted molar refractivity (Wildman–Crippen MR) is 74.9 cm³/mol. The standard InChI is InChI=1S/C13H15N5O2/c1-8-6-11(16-9(2)15-8)18-13(19)17-10-4-5-12(20-3)14-7-10/h4-7H,1-3H3,(H2,15,16,17,18,19). The van der Waals surface area contributed by atoms with Gasteiger partial charge in [-0.15, -0.1) is 0 Å². The van der Waals surface area contributed by atoms with Crippen molar-refractivity contribution in [2.45, 2.75) is 13.8 Å². The Morgan fingerprint density at radius 1 is 1.20 bits per heavy atom. The van der Waals surface area contributed by atoms with Crippen molar-refractivity contribution in [2.75, 3.05) is 17.7 Å². The largest absolute Gasteiger partial charge is 0.481 e. The molecule has 0 saturated carbocycles. The summed E-state index contributed by atoms with van der Waals surface area (Å²) in [5.74, 6) is 1.54. The average Bonchev–Trinajstić information content (AvgIpc) is 2.38. The summed E-state index contributed by atoms with van der Waals surface area (Å²) in [4.78, 5) is 24.1. The number of pyridine rings is 1. The van der Waals surface area contributed by atoms with Crippen LogP contribution in [0.4, 0.5) is 16.3 Å². The third-order valence-electron chi connectivity index (χ3n) is 2.41. The first-order valence-electron chi connectivity index (χ1n) is 5.97. The average molecular weight is 273 g/mol. The molecule has 7 heteroatoms. The van der Waals surface area contributed by atoms with Crippen LogP contribution in [0.3, 0.4) is 0 Å². The number of ether oxygens (including phenoxy) is 1. The van der Waals surface area contributed by atoms with E-state index in [-0.39, 0.29) is 0 Å². The molecule has 0 aliphatic heterocycles. The lowest BCUT2D eigenvalue weighted by Gasteiger charge is -2.08. The Hall–Kier alpha value is -2.70. The molecule has 2 N–H and O–H groups in total. The molecule has 2 heterocycles. The van der Waals surface area contributed by atoms with Crippen LogP contribution in [0.2, 0.25) is 0 Å². The van der Waals surface area contributed by atoms with Gasteiger partial charge in [-0.2, -0.15) is 0 Å². The minimum Gasteiger partial charge on any atom is -0.481 e. The van der Waals surface area contributed by atoms with Gasteiger partial charge in [0.15, 0.2) is 0 Å². The lowest BCUT2D eigenvalue weighted by molar-refractivity contribution is 0.262. The van der Waals surface area contributed by atoms with Gasteiger partial charge in [0.1, 0.15) is 11.6 Å². The van der Waals surface area contributed by atoms with Gasteiger partial charge >= 0.3 is 6.03 Å². The van der Waals surface area contributed by atoms with E-state index >= 15 is 0 Å². The molecule has 7 nitrogen and oxygen atoms in total. The van der Waals surface area contributed by atoms with Gasteiger partial charge in [0.25, 0.3) is 0 Å². The van der Waals surface area contributed by atoms with Crippen molar-refractivity contribution >= 4 is 17.5 Å². The van der Waals surface area contributed by atoms with Crippen LogP contribution in [-0.2, 0) is 0 Å². The van der Waals surface area contributed by atoms with Crippen molar-refractivity contribution in [3.05, 3.63) is 35.9 Å². The molecule has 0 bridgehead atoms. The van der Waals surface area contributed by atoms with Crippen LogP contribution in [-0.4, -0.2) is 28.1 Å². The van der Waals surface area contributed by atoms with Crippen molar-refractivity contribution in [2.24, 2.45) is 0 Å². The summed E-state index contributed by atoms with van der Waals surface area (Å²) in [7, 11) is 1.53. The molecule has 0 aromatic carbocycles. The summed E-state index contributed by atoms with van der Waals surface area (Å²) in [5, 5.41) is 5.29. The monoisotopic (exact) mass is 273 g/mol. The molecule has 0 aliphatic carbocycles. The highest BCUT2D eigenvalue weighted by Crippen LogP contribution is 2.12. The smallest absolute Gasteiger partial charge is 0.324 e. The quantitative estimate of drug-likeness (QED) is 0.894. The van der Waals surface area contributed by atoms with Crippen LogP contribution in [0.25, 0.3) is 0 Å². The number of urea groups is 1. The fraction of sp³-hybridized carbons (Fsp3) is 0.231. The van der Waals surface area contributed by atoms with E-state index in [9.17, 15) is 4.79 Å². The third kappa shape index (κ3) is 3.64. The number of anilines is 2. The van der Waals surface area contributed by atoms with Crippen molar-refractivity contribution in [3.8, 4) is 5.88 Å². The van der Waals surface area contributed by atoms with Gasteiger partial charge in [-0.1, -0.05) is 0 Å². The zero-order valence-corrected chi connectivity index (χ0v) is 11.5. The molecule has 2 aromatic heterocycles. The summed E-state index contributed by atoms with van der Waals surface area (Å²) in [6.45, 7) is 3.61. The van der Waals surface area contributed by atoms with Crippen molar-refractivity contribution in [1.82, 2.24) is 15.0 Å². The molecule has 0 unspecified atom stereocenters. The predicted octanol–water partition coefficient (Wildman–Crippen LogP) is 2.14. The highest BCUT2D eigenvalue weighted by Gasteiger charge is 2.05. The number of carbonyl (C=O) groups is 1. The topological polar surface area (TPSA) is 89.0 Å². The summed E-state index contributed by atoms with van der Waals surface area (Å²) >= 11 is 0. The SMILES string of the molecule is COc1ccc(NC(=O)Nc2cc(C)nc(C)n2)cn1. The van der Waals surface area contributed by atoms with Gasteiger partial charge in [0.05, 0.1) is 19.0 Å². The van der Waals surface area contributed by atoms with Crippen LogP contribution in [0.15, 0.2) is 24.4 Å². The summed E-state index contributed by atoms with van der Waals surface area (Å²) in [5.41, 5.74) is 1.35. The molecule has 2 aromatic rings. The van der Waals surface area contributed by atoms with Crippen molar-refractivity contribution in [1.29, 1.82) is 0 Å². The second kappa shape index (κ2) is 5.96. The second-order valence-electron chi connectivity index (χ2n) is 4.11. The van der Waals surface area contributed by atoms with E-state index in [1.165, 1.54) is 13.3 Å². The fourth-order valence-corrected chi connectivity index (χ4v) is 1.63. The summed E-state index contributed by atoms with van der Waals surface area (Å²) in [6, 6.07) is 4.66. The van der Waals surface area contributed by atoms with E-state index in [2.05, 4.69) is 25.6 Å². The number of aryl methyl sites for hydroxylation is 2. The number of amides is 2. The zero-order chi connectivity index (χ0) is 14.5. The first kappa shape index (κ1) is 13.7. The van der Waals surface area contributed by atoms with Gasteiger partial charge < -0.3 is 10.1 Å². The Bertz CT molecular complexity index is 592. The van der Waals surface area contributed by atoms with Gasteiger partial charge in [0, 0.05) is 17.8 Å². The maximum Gasteiger partial charge on any atom is 0.324 e. The number of nitrogens with zero attached hydrogens (tertiary/aromatic N) is 3. The van der Waals surface area contributed by atoms with Crippen LogP contribution < -0.4 is 15.4 Å². The Kier molecular flexibility index (Phi) is 4.09. The Labute approximate surface area is 116 Å². The number of hydrogen-bond donors (Lipinski definition) is 2. The molecule has 0 atom stereocenters. The highest BCUT2D eigenvalue weighted by atomic mass is 16.5. The molecular formula is C13H15N5O2. The molecule has 104 valence electrons. The molecule has 20 heavy (non-hydrogen) atoms. The lowest BCUT2D eigenvalue weighted by Crippen LogP contribution is -2.20. The minimum absolute atomic E-state index is 0.394. The third-order valence-corrected chi connectivity index (χ3v) is 2.41. The zero-order valence-electron chi connectivity index (χ0n) is 11.5. The summed E-state index contributed by atoms with van der Waals surface area (Å²) in [6.07, 6.45) is 1.51. The fourth-order valence-electron chi connectivity index (χ4n) is 1.63. The number of methoxy groups -OCH3 is 1. The first-order chi connectivity index (χ1) is 9.56. The summed E-state index contributed by atoms with van der Waals surface area (Å²) < 4.78 is 4.94. The molecule has 0 saturated heterocycles. The van der Waals surface area contributed by atoms with Gasteiger partial charge in [0.2, 0.25) is 5.88 Å². The van der Waals surface area contributed by atoms with Gasteiger partial charge in [-0.25, -0.2) is 19.7 Å². The van der Waals surface area contributed by atoms with E-state index in [0.29, 0.717) is 23.2 Å². The maximum absolute atomic E-state index is 11.8. The van der Waals surface area contributed by atoms with E-state index in [4.69, 9.17) is 4.74 Å². The van der Waals surface area contributed by atoms with E-state index in [1.807, 2.05) is 6.92 Å². The van der Waals surface area contributed by atoms with Crippen LogP contribution in [0.1, 0.15) is 11.5 Å². The van der Waals surface area contributed by atoms with E-state index in [0.717, 1.165) is 5.69 Å². The van der Waals surface area contributed by atoms with Crippen LogP contribution >= 0.6 is 0 Å². The highest BCUT2D eigenvalue weighted by molar-refractivity contribution is 5.99. The van der Waals surface area contributed by atoms with Gasteiger partial charge in [-0.05, 0) is 19.9 Å². The van der Waals surface area contributed by atoms with Crippen molar-refractivity contribution < 1.29 is 9.53 Å². The number of hydrogen-bond acceptors (Lipinski definition) is 5. The number of aromatic nitrogens is 3. The molecule has 2 amide bonds. The molecule has 2 rings (SSSR count). The Morgan fingerprint density at radius 3 is 2.60 bits per heavy atom. The molecule has 0 aliphatic rings. The molecule has 0 radical (unpaired) electrons. The molecule has 0 fully saturated rings. The second-order valence-corrected chi connectivity index (χ2v) is 4.11. The Balaban J connectivity index is 2.01. The van der Waals surface area contributed by atoms with E-state index in [1.54, 1.807) is 25.1 Å². The Morgan fingerprint density at radius 2 is 2.00 bits per heavy atom. The first-order valence-corrected chi connectivity index (χ1v) is 5.97. The van der Waals surface area contributed by atoms with E-state index < -0.39 is 6.03 Å². The number of nitrogens with one attached hydrogen (secondary N) is 2. The van der Waals surface area contributed by atoms with Gasteiger partial charge in [-0.3, -0.25) is 5.32 Å². The molecule has 0 spiro atoms. The maximum atomic E-state index is 11.8. The molecular weight excluding hydrogens is 258 g/mol. The lowest BCUT2D eigenvalue weighted by atomic mass is 10.4. The van der Waals surface area contributed by atoms with Crippen LogP contribution in [0.5, 0.6) is 5.88 Å². The minimum atomic E-state index is -0.394. The number of carbonyl (C=O) groups excluding carboxylic acids is 1. The van der Waals surface area contributed by atoms with Crippen molar-refractivity contribution in [3.63, 3.8) is 0 Å².